The maximum atomic E-state index is 12.1. The third-order valence-electron chi connectivity index (χ3n) is 3.85. The zero-order valence-corrected chi connectivity index (χ0v) is 19.6. The first kappa shape index (κ1) is 23.1. The number of hydrogen-bond donors (Lipinski definition) is 4. The van der Waals surface area contributed by atoms with Gasteiger partial charge in [0.25, 0.3) is 5.91 Å². The molecule has 29 heavy (non-hydrogen) atoms. The Morgan fingerprint density at radius 2 is 1.76 bits per heavy atom. The van der Waals surface area contributed by atoms with Crippen LogP contribution < -0.4 is 26.2 Å². The van der Waals surface area contributed by atoms with Crippen LogP contribution in [0, 0.1) is 6.92 Å². The monoisotopic (exact) mass is 494 g/mol. The number of carbonyl (C=O) groups is 1. The molecule has 0 heterocycles. The summed E-state index contributed by atoms with van der Waals surface area (Å²) in [6.45, 7) is 5.95. The van der Waals surface area contributed by atoms with Crippen molar-refractivity contribution in [1.29, 1.82) is 0 Å². The summed E-state index contributed by atoms with van der Waals surface area (Å²) >= 11 is 13.8. The van der Waals surface area contributed by atoms with E-state index in [9.17, 15) is 4.79 Å². The number of thiocarbonyl (C=S) groups is 2. The molecule has 4 N–H and O–H groups in total. The van der Waals surface area contributed by atoms with Gasteiger partial charge < -0.3 is 10.1 Å². The fraction of sp³-hybridized carbons (Fsp3) is 0.250. The van der Waals surface area contributed by atoms with Crippen molar-refractivity contribution in [3.8, 4) is 5.75 Å². The van der Waals surface area contributed by atoms with Crippen LogP contribution in [0.1, 0.15) is 30.9 Å². The molecule has 0 bridgehead atoms. The minimum absolute atomic E-state index is 0.0897. The molecule has 0 aliphatic carbocycles. The lowest BCUT2D eigenvalue weighted by atomic mass is 10.0. The molecular weight excluding hydrogens is 472 g/mol. The second-order valence-corrected chi connectivity index (χ2v) is 8.20. The van der Waals surface area contributed by atoms with Crippen LogP contribution in [-0.4, -0.2) is 22.7 Å². The number of nitrogens with one attached hydrogen (secondary N) is 4. The molecule has 1 amide bonds. The van der Waals surface area contributed by atoms with E-state index in [1.807, 2.05) is 49.4 Å². The standard InChI is InChI=1S/C20H23BrN4O2S2/c1-12(2)15-10-16(21)13(3)9-17(15)27-11-18(26)23-20(29)25-24-19(28)22-14-7-5-4-6-8-14/h4-10,12H,11H2,1-3H3,(H2,22,24,28)(H2,23,25,26,29). The quantitative estimate of drug-likeness (QED) is 0.367. The van der Waals surface area contributed by atoms with Gasteiger partial charge in [0.1, 0.15) is 5.75 Å². The fourth-order valence-electron chi connectivity index (χ4n) is 2.38. The highest BCUT2D eigenvalue weighted by Gasteiger charge is 2.13. The molecule has 2 aromatic rings. The van der Waals surface area contributed by atoms with Crippen LogP contribution in [0.5, 0.6) is 5.75 Å². The van der Waals surface area contributed by atoms with Crippen LogP contribution in [0.2, 0.25) is 0 Å². The van der Waals surface area contributed by atoms with E-state index in [-0.39, 0.29) is 23.5 Å². The number of anilines is 1. The summed E-state index contributed by atoms with van der Waals surface area (Å²) in [7, 11) is 0. The maximum absolute atomic E-state index is 12.1. The van der Waals surface area contributed by atoms with Gasteiger partial charge in [0, 0.05) is 10.2 Å². The lowest BCUT2D eigenvalue weighted by Crippen LogP contribution is -2.50. The Kier molecular flexibility index (Phi) is 8.81. The number of benzene rings is 2. The topological polar surface area (TPSA) is 74.4 Å². The van der Waals surface area contributed by atoms with Gasteiger partial charge >= 0.3 is 0 Å². The maximum Gasteiger partial charge on any atom is 0.264 e. The first-order valence-corrected chi connectivity index (χ1v) is 10.5. The van der Waals surface area contributed by atoms with E-state index >= 15 is 0 Å². The van der Waals surface area contributed by atoms with E-state index in [2.05, 4.69) is 51.3 Å². The molecule has 0 unspecified atom stereocenters. The van der Waals surface area contributed by atoms with Crippen molar-refractivity contribution in [2.24, 2.45) is 0 Å². The largest absolute Gasteiger partial charge is 0.483 e. The molecule has 0 fully saturated rings. The first-order chi connectivity index (χ1) is 13.8. The Labute approximate surface area is 189 Å². The Bertz CT molecular complexity index is 892. The average molecular weight is 495 g/mol. The van der Waals surface area contributed by atoms with Gasteiger partial charge in [-0.05, 0) is 72.7 Å². The average Bonchev–Trinajstić information content (AvgIpc) is 2.67. The molecule has 0 aliphatic heterocycles. The summed E-state index contributed by atoms with van der Waals surface area (Å²) in [5.74, 6) is 0.567. The van der Waals surface area contributed by atoms with Gasteiger partial charge in [0.2, 0.25) is 0 Å². The summed E-state index contributed by atoms with van der Waals surface area (Å²) < 4.78 is 6.73. The number of ether oxygens (including phenoxy) is 1. The molecule has 154 valence electrons. The molecule has 0 saturated carbocycles. The van der Waals surface area contributed by atoms with E-state index in [0.717, 1.165) is 21.3 Å². The molecule has 6 nitrogen and oxygen atoms in total. The third kappa shape index (κ3) is 7.60. The van der Waals surface area contributed by atoms with Crippen molar-refractivity contribution in [2.45, 2.75) is 26.7 Å². The lowest BCUT2D eigenvalue weighted by molar-refractivity contribution is -0.121. The van der Waals surface area contributed by atoms with Gasteiger partial charge in [-0.1, -0.05) is 48.0 Å². The predicted molar refractivity (Wildman–Crippen MR) is 128 cm³/mol. The zero-order chi connectivity index (χ0) is 21.4. The van der Waals surface area contributed by atoms with E-state index in [1.54, 1.807) is 0 Å². The highest BCUT2D eigenvalue weighted by atomic mass is 79.9. The molecule has 0 atom stereocenters. The van der Waals surface area contributed by atoms with Crippen molar-refractivity contribution in [3.63, 3.8) is 0 Å². The van der Waals surface area contributed by atoms with Gasteiger partial charge in [0.15, 0.2) is 16.8 Å². The Morgan fingerprint density at radius 3 is 2.41 bits per heavy atom. The highest BCUT2D eigenvalue weighted by Crippen LogP contribution is 2.32. The predicted octanol–water partition coefficient (Wildman–Crippen LogP) is 4.15. The molecule has 0 aliphatic rings. The van der Waals surface area contributed by atoms with E-state index in [4.69, 9.17) is 29.2 Å². The van der Waals surface area contributed by atoms with Gasteiger partial charge in [-0.3, -0.25) is 21.0 Å². The number of para-hydroxylation sites is 1. The summed E-state index contributed by atoms with van der Waals surface area (Å²) in [6.07, 6.45) is 0. The second kappa shape index (κ2) is 11.1. The molecule has 2 rings (SSSR count). The highest BCUT2D eigenvalue weighted by molar-refractivity contribution is 9.10. The first-order valence-electron chi connectivity index (χ1n) is 8.91. The molecule has 2 aromatic carbocycles. The number of hydrogen-bond acceptors (Lipinski definition) is 4. The summed E-state index contributed by atoms with van der Waals surface area (Å²) in [4.78, 5) is 12.1. The van der Waals surface area contributed by atoms with Crippen LogP contribution in [0.15, 0.2) is 46.9 Å². The Morgan fingerprint density at radius 1 is 1.10 bits per heavy atom. The summed E-state index contributed by atoms with van der Waals surface area (Å²) in [5, 5.41) is 5.93. The Balaban J connectivity index is 1.80. The minimum atomic E-state index is -0.374. The number of hydrazine groups is 1. The lowest BCUT2D eigenvalue weighted by Gasteiger charge is -2.16. The van der Waals surface area contributed by atoms with E-state index < -0.39 is 0 Å². The van der Waals surface area contributed by atoms with Crippen LogP contribution in [0.3, 0.4) is 0 Å². The SMILES string of the molecule is Cc1cc(OCC(=O)NC(=S)NNC(=S)Nc2ccccc2)c(C(C)C)cc1Br. The number of aryl methyl sites for hydroxylation is 1. The van der Waals surface area contributed by atoms with E-state index in [0.29, 0.717) is 10.9 Å². The van der Waals surface area contributed by atoms with Crippen molar-refractivity contribution in [3.05, 3.63) is 58.1 Å². The number of halogens is 1. The second-order valence-electron chi connectivity index (χ2n) is 6.53. The smallest absolute Gasteiger partial charge is 0.264 e. The fourth-order valence-corrected chi connectivity index (χ4v) is 3.08. The molecule has 0 saturated heterocycles. The van der Waals surface area contributed by atoms with Crippen molar-refractivity contribution in [1.82, 2.24) is 16.2 Å². The molecular formula is C20H23BrN4O2S2. The molecule has 0 spiro atoms. The summed E-state index contributed by atoms with van der Waals surface area (Å²) in [5.41, 5.74) is 8.27. The zero-order valence-electron chi connectivity index (χ0n) is 16.3. The van der Waals surface area contributed by atoms with E-state index in [1.165, 1.54) is 0 Å². The van der Waals surface area contributed by atoms with Gasteiger partial charge in [-0.15, -0.1) is 0 Å². The number of carbonyl (C=O) groups excluding carboxylic acids is 1. The number of amides is 1. The van der Waals surface area contributed by atoms with Gasteiger partial charge in [-0.25, -0.2) is 0 Å². The van der Waals surface area contributed by atoms with Gasteiger partial charge in [-0.2, -0.15) is 0 Å². The molecule has 0 aromatic heterocycles. The van der Waals surface area contributed by atoms with Crippen molar-refractivity contribution < 1.29 is 9.53 Å². The third-order valence-corrected chi connectivity index (χ3v) is 5.11. The molecule has 0 radical (unpaired) electrons. The Hall–Kier alpha value is -2.23. The van der Waals surface area contributed by atoms with Crippen molar-refractivity contribution in [2.75, 3.05) is 11.9 Å². The van der Waals surface area contributed by atoms with Crippen LogP contribution >= 0.6 is 40.4 Å². The van der Waals surface area contributed by atoms with Crippen LogP contribution in [-0.2, 0) is 4.79 Å². The van der Waals surface area contributed by atoms with Crippen molar-refractivity contribution >= 4 is 62.2 Å². The number of rotatable bonds is 5. The van der Waals surface area contributed by atoms with Crippen LogP contribution in [0.25, 0.3) is 0 Å². The van der Waals surface area contributed by atoms with Gasteiger partial charge in [0.05, 0.1) is 0 Å². The molecule has 9 heteroatoms. The van der Waals surface area contributed by atoms with Crippen LogP contribution in [0.4, 0.5) is 5.69 Å². The normalized spacial score (nSPS) is 10.2. The summed E-state index contributed by atoms with van der Waals surface area (Å²) in [6, 6.07) is 13.4. The minimum Gasteiger partial charge on any atom is -0.483 e.